The van der Waals surface area contributed by atoms with Crippen molar-refractivity contribution in [3.05, 3.63) is 0 Å². The lowest BCUT2D eigenvalue weighted by Crippen LogP contribution is -2.36. The van der Waals surface area contributed by atoms with E-state index < -0.39 is 17.5 Å². The lowest BCUT2D eigenvalue weighted by Gasteiger charge is -2.21. The van der Waals surface area contributed by atoms with Gasteiger partial charge in [-0.25, -0.2) is 4.79 Å². The van der Waals surface area contributed by atoms with E-state index in [4.69, 9.17) is 14.2 Å². The Balaban J connectivity index is 2.28. The molecule has 2 rings (SSSR count). The molecule has 68 valence electrons. The molecular weight excluding hydrogens is 160 g/mol. The summed E-state index contributed by atoms with van der Waals surface area (Å²) in [5.41, 5.74) is -0.583. The molecule has 0 aliphatic carbocycles. The molecule has 2 atom stereocenters. The van der Waals surface area contributed by atoms with Crippen molar-refractivity contribution in [2.75, 3.05) is 6.61 Å². The summed E-state index contributed by atoms with van der Waals surface area (Å²) in [6, 6.07) is 0. The van der Waals surface area contributed by atoms with E-state index in [2.05, 4.69) is 0 Å². The molecular formula is C8H12O4. The quantitative estimate of drug-likeness (QED) is 0.498. The zero-order valence-electron chi connectivity index (χ0n) is 7.42. The number of cyclic esters (lactones) is 1. The van der Waals surface area contributed by atoms with Crippen LogP contribution in [0.15, 0.2) is 0 Å². The van der Waals surface area contributed by atoms with Gasteiger partial charge in [0.2, 0.25) is 0 Å². The van der Waals surface area contributed by atoms with E-state index in [0.29, 0.717) is 6.61 Å². The molecule has 0 aromatic rings. The van der Waals surface area contributed by atoms with E-state index in [-0.39, 0.29) is 5.97 Å². The van der Waals surface area contributed by atoms with Gasteiger partial charge in [-0.15, -0.1) is 0 Å². The molecule has 2 saturated heterocycles. The second-order valence-corrected chi connectivity index (χ2v) is 3.92. The Morgan fingerprint density at radius 2 is 2.08 bits per heavy atom. The predicted molar refractivity (Wildman–Crippen MR) is 39.4 cm³/mol. The maximum Gasteiger partial charge on any atom is 0.338 e. The molecule has 2 heterocycles. The van der Waals surface area contributed by atoms with Crippen molar-refractivity contribution in [2.45, 2.75) is 38.3 Å². The number of hydrogen-bond donors (Lipinski definition) is 0. The molecule has 4 heteroatoms. The Morgan fingerprint density at radius 3 is 2.67 bits per heavy atom. The van der Waals surface area contributed by atoms with Crippen LogP contribution in [0, 0.1) is 0 Å². The van der Waals surface area contributed by atoms with Crippen LogP contribution in [-0.2, 0) is 19.0 Å². The van der Waals surface area contributed by atoms with Crippen LogP contribution in [-0.4, -0.2) is 30.1 Å². The molecule has 4 nitrogen and oxygen atoms in total. The zero-order chi connectivity index (χ0) is 8.98. The van der Waals surface area contributed by atoms with Gasteiger partial charge in [-0.1, -0.05) is 0 Å². The molecule has 0 N–H and O–H groups in total. The molecule has 12 heavy (non-hydrogen) atoms. The minimum absolute atomic E-state index is 0.292. The van der Waals surface area contributed by atoms with Gasteiger partial charge < -0.3 is 14.2 Å². The van der Waals surface area contributed by atoms with Crippen molar-refractivity contribution in [3.8, 4) is 0 Å². The molecule has 0 amide bonds. The summed E-state index contributed by atoms with van der Waals surface area (Å²) in [5, 5.41) is 0. The van der Waals surface area contributed by atoms with Crippen LogP contribution in [0.5, 0.6) is 0 Å². The molecule has 2 aliphatic rings. The van der Waals surface area contributed by atoms with Crippen LogP contribution in [0.3, 0.4) is 0 Å². The third-order valence-electron chi connectivity index (χ3n) is 2.15. The van der Waals surface area contributed by atoms with Gasteiger partial charge in [-0.2, -0.15) is 0 Å². The summed E-state index contributed by atoms with van der Waals surface area (Å²) < 4.78 is 15.8. The van der Waals surface area contributed by atoms with Crippen LogP contribution < -0.4 is 0 Å². The van der Waals surface area contributed by atoms with Gasteiger partial charge >= 0.3 is 5.97 Å². The highest BCUT2D eigenvalue weighted by Crippen LogP contribution is 2.40. The van der Waals surface area contributed by atoms with E-state index in [0.717, 1.165) is 0 Å². The summed E-state index contributed by atoms with van der Waals surface area (Å²) in [5.74, 6) is -0.984. The molecule has 0 spiro atoms. The number of hydrogen-bond acceptors (Lipinski definition) is 4. The Kier molecular flexibility index (Phi) is 1.34. The largest absolute Gasteiger partial charge is 0.460 e. The van der Waals surface area contributed by atoms with E-state index in [1.807, 2.05) is 6.92 Å². The number of ether oxygens (including phenoxy) is 3. The highest BCUT2D eigenvalue weighted by atomic mass is 16.8. The van der Waals surface area contributed by atoms with Crippen molar-refractivity contribution >= 4 is 5.97 Å². The van der Waals surface area contributed by atoms with Gasteiger partial charge in [0, 0.05) is 0 Å². The van der Waals surface area contributed by atoms with Crippen LogP contribution >= 0.6 is 0 Å². The number of fused-ring (bicyclic) bond motifs is 1. The fourth-order valence-corrected chi connectivity index (χ4v) is 1.74. The first kappa shape index (κ1) is 8.01. The first-order valence-corrected chi connectivity index (χ1v) is 3.98. The molecule has 0 saturated carbocycles. The van der Waals surface area contributed by atoms with Crippen molar-refractivity contribution < 1.29 is 19.0 Å². The Morgan fingerprint density at radius 1 is 1.42 bits per heavy atom. The Bertz CT molecular complexity index is 235. The predicted octanol–water partition coefficient (Wildman–Crippen LogP) is 0.453. The molecule has 2 fully saturated rings. The summed E-state index contributed by atoms with van der Waals surface area (Å²) in [4.78, 5) is 11.1. The second-order valence-electron chi connectivity index (χ2n) is 3.92. The Hall–Kier alpha value is -0.610. The topological polar surface area (TPSA) is 44.8 Å². The van der Waals surface area contributed by atoms with Gasteiger partial charge in [-0.3, -0.25) is 0 Å². The second kappa shape index (κ2) is 2.00. The van der Waals surface area contributed by atoms with Crippen LogP contribution in [0.4, 0.5) is 0 Å². The van der Waals surface area contributed by atoms with E-state index in [9.17, 15) is 4.79 Å². The lowest BCUT2D eigenvalue weighted by atomic mass is 10.0. The van der Waals surface area contributed by atoms with Gasteiger partial charge in [0.1, 0.15) is 12.2 Å². The first-order valence-electron chi connectivity index (χ1n) is 3.98. The van der Waals surface area contributed by atoms with Crippen molar-refractivity contribution in [3.63, 3.8) is 0 Å². The van der Waals surface area contributed by atoms with Crippen molar-refractivity contribution in [1.82, 2.24) is 0 Å². The first-order chi connectivity index (χ1) is 5.43. The normalized spacial score (nSPS) is 44.2. The standard InChI is InChI=1S/C8H12O4/c1-7(2)11-5-6(9)10-4-8(5,3)12-7/h5H,4H2,1-3H3/t5-,8+/m0/s1. The molecule has 2 aliphatic heterocycles. The van der Waals surface area contributed by atoms with E-state index >= 15 is 0 Å². The fourth-order valence-electron chi connectivity index (χ4n) is 1.74. The highest BCUT2D eigenvalue weighted by molar-refractivity contribution is 5.79. The highest BCUT2D eigenvalue weighted by Gasteiger charge is 2.59. The number of carbonyl (C=O) groups is 1. The third kappa shape index (κ3) is 0.949. The number of carbonyl (C=O) groups excluding carboxylic acids is 1. The smallest absolute Gasteiger partial charge is 0.338 e. The number of rotatable bonds is 0. The molecule has 0 bridgehead atoms. The summed E-state index contributed by atoms with van der Waals surface area (Å²) in [6.07, 6.45) is -0.549. The van der Waals surface area contributed by atoms with Gasteiger partial charge in [0.05, 0.1) is 0 Å². The average molecular weight is 172 g/mol. The fraction of sp³-hybridized carbons (Fsp3) is 0.875. The maximum atomic E-state index is 11.1. The van der Waals surface area contributed by atoms with Crippen LogP contribution in [0.25, 0.3) is 0 Å². The van der Waals surface area contributed by atoms with Crippen molar-refractivity contribution in [2.24, 2.45) is 0 Å². The van der Waals surface area contributed by atoms with Crippen molar-refractivity contribution in [1.29, 1.82) is 0 Å². The van der Waals surface area contributed by atoms with Crippen LogP contribution in [0.2, 0.25) is 0 Å². The van der Waals surface area contributed by atoms with Gasteiger partial charge in [-0.05, 0) is 20.8 Å². The Labute approximate surface area is 70.8 Å². The SMILES string of the molecule is CC1(C)O[C@H]2C(=O)OC[C@@]2(C)O1. The maximum absolute atomic E-state index is 11.1. The summed E-state index contributed by atoms with van der Waals surface area (Å²) >= 11 is 0. The monoisotopic (exact) mass is 172 g/mol. The third-order valence-corrected chi connectivity index (χ3v) is 2.15. The molecule has 0 radical (unpaired) electrons. The summed E-state index contributed by atoms with van der Waals surface area (Å²) in [7, 11) is 0. The molecule has 0 aromatic heterocycles. The van der Waals surface area contributed by atoms with Gasteiger partial charge in [0.15, 0.2) is 11.9 Å². The summed E-state index contributed by atoms with van der Waals surface area (Å²) in [6.45, 7) is 5.71. The number of esters is 1. The molecule has 0 aromatic carbocycles. The van der Waals surface area contributed by atoms with Crippen LogP contribution in [0.1, 0.15) is 20.8 Å². The minimum Gasteiger partial charge on any atom is -0.460 e. The lowest BCUT2D eigenvalue weighted by molar-refractivity contribution is -0.187. The average Bonchev–Trinajstić information content (AvgIpc) is 2.28. The van der Waals surface area contributed by atoms with E-state index in [1.54, 1.807) is 13.8 Å². The van der Waals surface area contributed by atoms with E-state index in [1.165, 1.54) is 0 Å². The minimum atomic E-state index is -0.668. The zero-order valence-corrected chi connectivity index (χ0v) is 7.42. The van der Waals surface area contributed by atoms with Gasteiger partial charge in [0.25, 0.3) is 0 Å². The molecule has 0 unspecified atom stereocenters.